The van der Waals surface area contributed by atoms with Crippen molar-refractivity contribution in [3.63, 3.8) is 0 Å². The maximum Gasteiger partial charge on any atom is 0.179 e. The summed E-state index contributed by atoms with van der Waals surface area (Å²) in [5.41, 5.74) is 0.756. The van der Waals surface area contributed by atoms with Crippen molar-refractivity contribution in [3.05, 3.63) is 34.9 Å². The first-order chi connectivity index (χ1) is 9.00. The van der Waals surface area contributed by atoms with E-state index in [1.807, 2.05) is 19.1 Å². The van der Waals surface area contributed by atoms with E-state index in [0.29, 0.717) is 17.0 Å². The van der Waals surface area contributed by atoms with Crippen LogP contribution in [-0.2, 0) is 0 Å². The molecule has 2 atom stereocenters. The number of carbonyl (C=O) groups is 1. The van der Waals surface area contributed by atoms with Gasteiger partial charge in [0.15, 0.2) is 5.78 Å². The number of Topliss-reactive ketones (excluding diaryl/α,β-unsaturated/α-hetero) is 1. The smallest absolute Gasteiger partial charge is 0.179 e. The zero-order valence-electron chi connectivity index (χ0n) is 11.9. The monoisotopic (exact) mass is 279 g/mol. The van der Waals surface area contributed by atoms with Crippen LogP contribution in [0.25, 0.3) is 0 Å². The Balaban J connectivity index is 2.12. The molecule has 1 saturated heterocycles. The van der Waals surface area contributed by atoms with Crippen LogP contribution in [0.4, 0.5) is 0 Å². The summed E-state index contributed by atoms with van der Waals surface area (Å²) >= 11 is 5.87. The van der Waals surface area contributed by atoms with Gasteiger partial charge in [0.1, 0.15) is 0 Å². The molecule has 0 radical (unpaired) electrons. The summed E-state index contributed by atoms with van der Waals surface area (Å²) in [6, 6.07) is 7.70. The van der Waals surface area contributed by atoms with Crippen molar-refractivity contribution in [1.29, 1.82) is 0 Å². The van der Waals surface area contributed by atoms with E-state index in [1.54, 1.807) is 12.1 Å². The molecule has 1 heterocycles. The zero-order chi connectivity index (χ0) is 14.0. The first-order valence-corrected chi connectivity index (χ1v) is 7.44. The van der Waals surface area contributed by atoms with Gasteiger partial charge in [-0.15, -0.1) is 0 Å². The Morgan fingerprint density at radius 3 is 2.47 bits per heavy atom. The Morgan fingerprint density at radius 2 is 1.89 bits per heavy atom. The number of halogens is 1. The number of carbonyl (C=O) groups excluding carboxylic acids is 1. The lowest BCUT2D eigenvalue weighted by Crippen LogP contribution is -2.44. The highest BCUT2D eigenvalue weighted by Crippen LogP contribution is 2.27. The average Bonchev–Trinajstić information content (AvgIpc) is 2.87. The fraction of sp³-hybridized carbons (Fsp3) is 0.562. The van der Waals surface area contributed by atoms with Gasteiger partial charge in [-0.25, -0.2) is 0 Å². The SMILES string of the molecule is CC(C)C1CCCN1C(C)C(=O)c1ccc(Cl)cc1. The van der Waals surface area contributed by atoms with Crippen LogP contribution in [0.2, 0.25) is 5.02 Å². The molecule has 3 heteroatoms. The van der Waals surface area contributed by atoms with Gasteiger partial charge in [0, 0.05) is 16.6 Å². The molecule has 1 aliphatic heterocycles. The van der Waals surface area contributed by atoms with Gasteiger partial charge in [-0.1, -0.05) is 25.4 Å². The highest BCUT2D eigenvalue weighted by molar-refractivity contribution is 6.30. The molecule has 2 nitrogen and oxygen atoms in total. The Labute approximate surface area is 120 Å². The second-order valence-corrected chi connectivity index (χ2v) is 6.17. The van der Waals surface area contributed by atoms with Crippen LogP contribution in [-0.4, -0.2) is 29.3 Å². The van der Waals surface area contributed by atoms with E-state index in [1.165, 1.54) is 12.8 Å². The summed E-state index contributed by atoms with van der Waals surface area (Å²) in [6.07, 6.45) is 2.40. The van der Waals surface area contributed by atoms with Crippen LogP contribution in [0.1, 0.15) is 44.0 Å². The van der Waals surface area contributed by atoms with Gasteiger partial charge in [-0.05, 0) is 56.5 Å². The van der Waals surface area contributed by atoms with Gasteiger partial charge in [0.05, 0.1) is 6.04 Å². The van der Waals surface area contributed by atoms with E-state index < -0.39 is 0 Å². The zero-order valence-corrected chi connectivity index (χ0v) is 12.7. The maximum atomic E-state index is 12.5. The first kappa shape index (κ1) is 14.5. The quantitative estimate of drug-likeness (QED) is 0.776. The molecule has 2 rings (SSSR count). The number of hydrogen-bond donors (Lipinski definition) is 0. The van der Waals surface area contributed by atoms with Crippen LogP contribution in [0, 0.1) is 5.92 Å². The standard InChI is InChI=1S/C16H22ClNO/c1-11(2)15-5-4-10-18(15)12(3)16(19)13-6-8-14(17)9-7-13/h6-9,11-12,15H,4-5,10H2,1-3H3. The molecule has 0 saturated carbocycles. The molecule has 0 N–H and O–H groups in total. The molecule has 2 unspecified atom stereocenters. The molecule has 1 aromatic carbocycles. The topological polar surface area (TPSA) is 20.3 Å². The maximum absolute atomic E-state index is 12.5. The van der Waals surface area contributed by atoms with Crippen LogP contribution >= 0.6 is 11.6 Å². The van der Waals surface area contributed by atoms with Gasteiger partial charge in [-0.3, -0.25) is 9.69 Å². The molecule has 0 aromatic heterocycles. The third-order valence-corrected chi connectivity index (χ3v) is 4.37. The predicted molar refractivity (Wildman–Crippen MR) is 79.8 cm³/mol. The molecular weight excluding hydrogens is 258 g/mol. The second kappa shape index (κ2) is 6.06. The second-order valence-electron chi connectivity index (χ2n) is 5.74. The van der Waals surface area contributed by atoms with Crippen LogP contribution in [0.15, 0.2) is 24.3 Å². The van der Waals surface area contributed by atoms with E-state index >= 15 is 0 Å². The van der Waals surface area contributed by atoms with Crippen molar-refractivity contribution in [3.8, 4) is 0 Å². The number of nitrogens with zero attached hydrogens (tertiary/aromatic N) is 1. The van der Waals surface area contributed by atoms with E-state index in [-0.39, 0.29) is 11.8 Å². The van der Waals surface area contributed by atoms with Gasteiger partial charge >= 0.3 is 0 Å². The van der Waals surface area contributed by atoms with Gasteiger partial charge in [0.25, 0.3) is 0 Å². The molecule has 0 aliphatic carbocycles. The molecular formula is C16H22ClNO. The average molecular weight is 280 g/mol. The Morgan fingerprint density at radius 1 is 1.26 bits per heavy atom. The Hall–Kier alpha value is -0.860. The van der Waals surface area contributed by atoms with Crippen molar-refractivity contribution in [1.82, 2.24) is 4.90 Å². The van der Waals surface area contributed by atoms with E-state index in [4.69, 9.17) is 11.6 Å². The Kier molecular flexibility index (Phi) is 4.64. The highest BCUT2D eigenvalue weighted by Gasteiger charge is 2.33. The van der Waals surface area contributed by atoms with Crippen LogP contribution < -0.4 is 0 Å². The summed E-state index contributed by atoms with van der Waals surface area (Å²) in [4.78, 5) is 14.9. The fourth-order valence-electron chi connectivity index (χ4n) is 3.02. The fourth-order valence-corrected chi connectivity index (χ4v) is 3.14. The van der Waals surface area contributed by atoms with Gasteiger partial charge in [-0.2, -0.15) is 0 Å². The van der Waals surface area contributed by atoms with Crippen LogP contribution in [0.5, 0.6) is 0 Å². The number of ketones is 1. The van der Waals surface area contributed by atoms with Gasteiger partial charge < -0.3 is 0 Å². The van der Waals surface area contributed by atoms with E-state index in [0.717, 1.165) is 12.1 Å². The first-order valence-electron chi connectivity index (χ1n) is 7.06. The van der Waals surface area contributed by atoms with Crippen molar-refractivity contribution >= 4 is 17.4 Å². The minimum Gasteiger partial charge on any atom is -0.292 e. The molecule has 1 aliphatic rings. The summed E-state index contributed by atoms with van der Waals surface area (Å²) in [7, 11) is 0. The molecule has 1 aromatic rings. The van der Waals surface area contributed by atoms with Crippen molar-refractivity contribution in [2.45, 2.75) is 45.7 Å². The molecule has 104 valence electrons. The number of rotatable bonds is 4. The molecule has 0 spiro atoms. The summed E-state index contributed by atoms with van der Waals surface area (Å²) in [6.45, 7) is 7.53. The van der Waals surface area contributed by atoms with Crippen molar-refractivity contribution in [2.24, 2.45) is 5.92 Å². The molecule has 0 amide bonds. The van der Waals surface area contributed by atoms with Crippen LogP contribution in [0.3, 0.4) is 0 Å². The van der Waals surface area contributed by atoms with E-state index in [9.17, 15) is 4.79 Å². The van der Waals surface area contributed by atoms with Crippen molar-refractivity contribution in [2.75, 3.05) is 6.54 Å². The third-order valence-electron chi connectivity index (χ3n) is 4.12. The number of likely N-dealkylation sites (tertiary alicyclic amines) is 1. The lowest BCUT2D eigenvalue weighted by Gasteiger charge is -2.32. The van der Waals surface area contributed by atoms with E-state index in [2.05, 4.69) is 18.7 Å². The largest absolute Gasteiger partial charge is 0.292 e. The summed E-state index contributed by atoms with van der Waals surface area (Å²) < 4.78 is 0. The molecule has 0 bridgehead atoms. The molecule has 19 heavy (non-hydrogen) atoms. The third kappa shape index (κ3) is 3.18. The lowest BCUT2D eigenvalue weighted by molar-refractivity contribution is 0.0785. The minimum atomic E-state index is -0.0453. The normalized spacial score (nSPS) is 21.8. The number of hydrogen-bond acceptors (Lipinski definition) is 2. The summed E-state index contributed by atoms with van der Waals surface area (Å²) in [5.74, 6) is 0.798. The predicted octanol–water partition coefficient (Wildman–Crippen LogP) is 4.03. The van der Waals surface area contributed by atoms with Crippen molar-refractivity contribution < 1.29 is 4.79 Å². The minimum absolute atomic E-state index is 0.0453. The number of benzene rings is 1. The van der Waals surface area contributed by atoms with Gasteiger partial charge in [0.2, 0.25) is 0 Å². The Bertz CT molecular complexity index is 441. The lowest BCUT2D eigenvalue weighted by atomic mass is 9.98. The summed E-state index contributed by atoms with van der Waals surface area (Å²) in [5, 5.41) is 0.672. The highest BCUT2D eigenvalue weighted by atomic mass is 35.5. The molecule has 1 fully saturated rings.